The van der Waals surface area contributed by atoms with E-state index in [0.717, 1.165) is 34.8 Å². The molecular formula is C34H53NO2S2. The molecule has 218 valence electrons. The maximum Gasteiger partial charge on any atom is 0.251 e. The molecule has 1 aromatic carbocycles. The normalized spacial score (nSPS) is 31.6. The third-order valence-electron chi connectivity index (χ3n) is 9.38. The van der Waals surface area contributed by atoms with Gasteiger partial charge in [-0.1, -0.05) is 70.4 Å². The summed E-state index contributed by atoms with van der Waals surface area (Å²) in [5.74, 6) is 4.72. The lowest BCUT2D eigenvalue weighted by molar-refractivity contribution is 0.0914. The van der Waals surface area contributed by atoms with Crippen LogP contribution in [0.1, 0.15) is 132 Å². The summed E-state index contributed by atoms with van der Waals surface area (Å²) < 4.78 is 0. The summed E-state index contributed by atoms with van der Waals surface area (Å²) in [5, 5.41) is 4.42. The van der Waals surface area contributed by atoms with Crippen LogP contribution in [0, 0.1) is 23.7 Å². The second-order valence-electron chi connectivity index (χ2n) is 13.8. The summed E-state index contributed by atoms with van der Waals surface area (Å²) in [5.41, 5.74) is 1.10. The molecule has 0 spiro atoms. The van der Waals surface area contributed by atoms with Crippen LogP contribution in [-0.4, -0.2) is 39.2 Å². The van der Waals surface area contributed by atoms with Gasteiger partial charge in [-0.3, -0.25) is 9.59 Å². The van der Waals surface area contributed by atoms with Crippen molar-refractivity contribution in [3.8, 4) is 0 Å². The van der Waals surface area contributed by atoms with Crippen LogP contribution in [0.15, 0.2) is 24.3 Å². The Morgan fingerprint density at radius 2 is 1.36 bits per heavy atom. The van der Waals surface area contributed by atoms with Crippen LogP contribution < -0.4 is 5.32 Å². The van der Waals surface area contributed by atoms with E-state index >= 15 is 0 Å². The van der Waals surface area contributed by atoms with E-state index < -0.39 is 0 Å². The molecule has 4 rings (SSSR count). The molecule has 4 bridgehead atoms. The van der Waals surface area contributed by atoms with Crippen molar-refractivity contribution in [2.24, 2.45) is 23.7 Å². The molecule has 3 aliphatic rings. The highest BCUT2D eigenvalue weighted by molar-refractivity contribution is 8.00. The molecule has 1 aliphatic heterocycles. The monoisotopic (exact) mass is 571 g/mol. The zero-order chi connectivity index (χ0) is 27.8. The second-order valence-corrected chi connectivity index (χ2v) is 16.5. The van der Waals surface area contributed by atoms with Crippen molar-refractivity contribution < 1.29 is 9.59 Å². The number of hydrogen-bond donors (Lipinski definition) is 1. The zero-order valence-corrected chi connectivity index (χ0v) is 26.6. The van der Waals surface area contributed by atoms with Gasteiger partial charge in [0, 0.05) is 44.6 Å². The van der Waals surface area contributed by atoms with Crippen LogP contribution in [0.25, 0.3) is 0 Å². The Bertz CT molecular complexity index is 924. The topological polar surface area (TPSA) is 46.2 Å². The predicted molar refractivity (Wildman–Crippen MR) is 170 cm³/mol. The number of benzene rings is 1. The third-order valence-corrected chi connectivity index (χ3v) is 12.4. The SMILES string of the molecule is C[C@@H]1CCC[C@H]2CCCCC(C2)SCC(C(=O)c2ccc(C(=O)NC(C)(C)C)cc2)CSC2CCC[C@H]1CC2. The maximum absolute atomic E-state index is 13.9. The molecule has 1 heterocycles. The van der Waals surface area contributed by atoms with Crippen molar-refractivity contribution in [3.63, 3.8) is 0 Å². The maximum atomic E-state index is 13.9. The highest BCUT2D eigenvalue weighted by atomic mass is 32.2. The van der Waals surface area contributed by atoms with Crippen molar-refractivity contribution in [1.29, 1.82) is 0 Å². The summed E-state index contributed by atoms with van der Waals surface area (Å²) >= 11 is 4.18. The van der Waals surface area contributed by atoms with Gasteiger partial charge < -0.3 is 5.32 Å². The molecule has 0 radical (unpaired) electrons. The van der Waals surface area contributed by atoms with Gasteiger partial charge in [0.25, 0.3) is 5.91 Å². The fourth-order valence-electron chi connectivity index (χ4n) is 6.96. The number of carbonyl (C=O) groups is 2. The molecule has 39 heavy (non-hydrogen) atoms. The van der Waals surface area contributed by atoms with Crippen molar-refractivity contribution in [1.82, 2.24) is 5.32 Å². The molecule has 0 aromatic heterocycles. The number of Topliss-reactive ketones (excluding diaryl/α,β-unsaturated/α-hetero) is 1. The molecule has 1 aromatic rings. The van der Waals surface area contributed by atoms with E-state index in [1.165, 1.54) is 83.5 Å². The van der Waals surface area contributed by atoms with E-state index in [1.54, 1.807) is 0 Å². The van der Waals surface area contributed by atoms with E-state index in [9.17, 15) is 9.59 Å². The minimum atomic E-state index is -0.281. The number of thioether (sulfide) groups is 2. The van der Waals surface area contributed by atoms with Gasteiger partial charge in [-0.25, -0.2) is 0 Å². The van der Waals surface area contributed by atoms with Crippen LogP contribution >= 0.6 is 23.5 Å². The number of ketones is 1. The zero-order valence-electron chi connectivity index (χ0n) is 25.0. The Hall–Kier alpha value is -0.940. The van der Waals surface area contributed by atoms with Crippen LogP contribution in [0.2, 0.25) is 0 Å². The van der Waals surface area contributed by atoms with E-state index in [4.69, 9.17) is 0 Å². The van der Waals surface area contributed by atoms with Crippen molar-refractivity contribution in [3.05, 3.63) is 35.4 Å². The molecule has 6 atom stereocenters. The highest BCUT2D eigenvalue weighted by Crippen LogP contribution is 2.39. The average molecular weight is 572 g/mol. The van der Waals surface area contributed by atoms with Gasteiger partial charge in [-0.15, -0.1) is 0 Å². The number of carbonyl (C=O) groups excluding carboxylic acids is 2. The summed E-state index contributed by atoms with van der Waals surface area (Å²) in [6, 6.07) is 7.42. The van der Waals surface area contributed by atoms with Crippen molar-refractivity contribution in [2.75, 3.05) is 11.5 Å². The molecule has 5 heteroatoms. The molecular weight excluding hydrogens is 519 g/mol. The molecule has 2 aliphatic carbocycles. The lowest BCUT2D eigenvalue weighted by Crippen LogP contribution is -2.40. The summed E-state index contributed by atoms with van der Waals surface area (Å²) in [6.45, 7) is 8.49. The fourth-order valence-corrected chi connectivity index (χ4v) is 10.0. The minimum absolute atomic E-state index is 0.0434. The minimum Gasteiger partial charge on any atom is -0.347 e. The molecule has 3 unspecified atom stereocenters. The number of rotatable bonds is 3. The Labute approximate surface area is 247 Å². The number of fused-ring (bicyclic) bond motifs is 5. The Morgan fingerprint density at radius 3 is 2.10 bits per heavy atom. The van der Waals surface area contributed by atoms with Gasteiger partial charge in [0.2, 0.25) is 0 Å². The molecule has 1 amide bonds. The lowest BCUT2D eigenvalue weighted by Gasteiger charge is -2.26. The van der Waals surface area contributed by atoms with E-state index in [0.29, 0.717) is 16.1 Å². The number of nitrogens with one attached hydrogen (secondary N) is 1. The van der Waals surface area contributed by atoms with Gasteiger partial charge in [0.05, 0.1) is 0 Å². The van der Waals surface area contributed by atoms with Crippen LogP contribution in [-0.2, 0) is 0 Å². The fraction of sp³-hybridized carbons (Fsp3) is 0.765. The summed E-state index contributed by atoms with van der Waals surface area (Å²) in [4.78, 5) is 26.5. The summed E-state index contributed by atoms with van der Waals surface area (Å²) in [7, 11) is 0. The van der Waals surface area contributed by atoms with Gasteiger partial charge >= 0.3 is 0 Å². The third kappa shape index (κ3) is 9.83. The first-order valence-corrected chi connectivity index (χ1v) is 18.0. The molecule has 3 nitrogen and oxygen atoms in total. The van der Waals surface area contributed by atoms with E-state index in [2.05, 4.69) is 35.8 Å². The first kappa shape index (κ1) is 31.0. The van der Waals surface area contributed by atoms with Crippen molar-refractivity contribution in [2.45, 2.75) is 127 Å². The lowest BCUT2D eigenvalue weighted by atomic mass is 9.83. The highest BCUT2D eigenvalue weighted by Gasteiger charge is 2.29. The largest absolute Gasteiger partial charge is 0.347 e. The van der Waals surface area contributed by atoms with Gasteiger partial charge in [0.15, 0.2) is 5.78 Å². The van der Waals surface area contributed by atoms with Gasteiger partial charge in [-0.2, -0.15) is 23.5 Å². The number of amides is 1. The molecule has 1 N–H and O–H groups in total. The van der Waals surface area contributed by atoms with E-state index in [1.807, 2.05) is 45.0 Å². The van der Waals surface area contributed by atoms with Crippen LogP contribution in [0.3, 0.4) is 0 Å². The predicted octanol–water partition coefficient (Wildman–Crippen LogP) is 9.20. The second kappa shape index (κ2) is 14.8. The Kier molecular flexibility index (Phi) is 11.8. The first-order valence-electron chi connectivity index (χ1n) is 15.9. The number of hydrogen-bond acceptors (Lipinski definition) is 4. The van der Waals surface area contributed by atoms with Gasteiger partial charge in [-0.05, 0) is 82.8 Å². The van der Waals surface area contributed by atoms with Gasteiger partial charge in [0.1, 0.15) is 0 Å². The first-order chi connectivity index (χ1) is 18.7. The molecule has 1 saturated heterocycles. The standard InChI is InChI=1S/C34H53NO2S2/c1-24-9-7-11-25-10-5-6-13-31(21-25)39-23-29(22-38-30-14-8-12-26(24)19-20-30)32(36)27-15-17-28(18-16-27)33(37)35-34(2,3)4/h15-18,24-26,29-31H,5-14,19-23H2,1-4H3,(H,35,37)/t24-,25-,26+,29?,30?,31?/m1/s1. The smallest absolute Gasteiger partial charge is 0.251 e. The van der Waals surface area contributed by atoms with Crippen molar-refractivity contribution >= 4 is 35.2 Å². The quantitative estimate of drug-likeness (QED) is 0.367. The average Bonchev–Trinajstić information content (AvgIpc) is 3.28. The molecule has 3 fully saturated rings. The summed E-state index contributed by atoms with van der Waals surface area (Å²) in [6.07, 6.45) is 17.8. The molecule has 2 saturated carbocycles. The van der Waals surface area contributed by atoms with Crippen LogP contribution in [0.4, 0.5) is 0 Å². The van der Waals surface area contributed by atoms with E-state index in [-0.39, 0.29) is 23.1 Å². The van der Waals surface area contributed by atoms with Crippen LogP contribution in [0.5, 0.6) is 0 Å². The Balaban J connectivity index is 1.48. The Morgan fingerprint density at radius 1 is 0.744 bits per heavy atom.